The molecule has 94 valence electrons. The average Bonchev–Trinajstić information content (AvgIpc) is 2.37. The summed E-state index contributed by atoms with van der Waals surface area (Å²) in [6.45, 7) is 4.91. The summed E-state index contributed by atoms with van der Waals surface area (Å²) in [6, 6.07) is 0. The van der Waals surface area contributed by atoms with Crippen LogP contribution in [0.1, 0.15) is 26.2 Å². The third-order valence-electron chi connectivity index (χ3n) is 2.83. The zero-order valence-electron chi connectivity index (χ0n) is 10.1. The topological polar surface area (TPSA) is 38.2 Å². The van der Waals surface area contributed by atoms with E-state index in [1.807, 2.05) is 0 Å². The van der Waals surface area contributed by atoms with Crippen LogP contribution in [0.15, 0.2) is 16.9 Å². The quantitative estimate of drug-likeness (QED) is 0.857. The van der Waals surface area contributed by atoms with Crippen molar-refractivity contribution in [3.63, 3.8) is 0 Å². The van der Waals surface area contributed by atoms with Gasteiger partial charge in [-0.15, -0.1) is 0 Å². The molecule has 1 aliphatic rings. The van der Waals surface area contributed by atoms with Crippen molar-refractivity contribution in [2.75, 3.05) is 24.6 Å². The Bertz CT molecular complexity index is 344. The molecule has 0 aromatic carbocycles. The van der Waals surface area contributed by atoms with E-state index in [1.165, 1.54) is 0 Å². The third kappa shape index (κ3) is 3.64. The molecule has 2 rings (SSSR count). The molecule has 2 heterocycles. The lowest BCUT2D eigenvalue weighted by atomic mass is 10.1. The fraction of sp³-hybridized carbons (Fsp3) is 0.667. The molecule has 1 aromatic heterocycles. The summed E-state index contributed by atoms with van der Waals surface area (Å²) in [5.74, 6) is 0.804. The van der Waals surface area contributed by atoms with Crippen LogP contribution in [0.5, 0.6) is 0 Å². The van der Waals surface area contributed by atoms with Crippen molar-refractivity contribution >= 4 is 21.9 Å². The van der Waals surface area contributed by atoms with E-state index in [0.29, 0.717) is 6.10 Å². The monoisotopic (exact) mass is 299 g/mol. The van der Waals surface area contributed by atoms with Gasteiger partial charge in [0.25, 0.3) is 0 Å². The van der Waals surface area contributed by atoms with Gasteiger partial charge < -0.3 is 9.64 Å². The van der Waals surface area contributed by atoms with Crippen LogP contribution < -0.4 is 4.90 Å². The molecule has 0 radical (unpaired) electrons. The second kappa shape index (κ2) is 6.31. The Morgan fingerprint density at radius 1 is 1.47 bits per heavy atom. The molecule has 17 heavy (non-hydrogen) atoms. The van der Waals surface area contributed by atoms with Crippen LogP contribution in [0.3, 0.4) is 0 Å². The van der Waals surface area contributed by atoms with Gasteiger partial charge in [-0.25, -0.2) is 9.97 Å². The molecule has 5 heteroatoms. The van der Waals surface area contributed by atoms with Crippen LogP contribution in [0.2, 0.25) is 0 Å². The van der Waals surface area contributed by atoms with E-state index in [4.69, 9.17) is 4.74 Å². The maximum Gasteiger partial charge on any atom is 0.225 e. The first-order chi connectivity index (χ1) is 8.29. The molecule has 0 saturated carbocycles. The molecule has 4 nitrogen and oxygen atoms in total. The molecular formula is C12H18BrN3O. The lowest BCUT2D eigenvalue weighted by Crippen LogP contribution is -2.40. The summed E-state index contributed by atoms with van der Waals surface area (Å²) in [5.41, 5.74) is 0. The zero-order chi connectivity index (χ0) is 12.1. The van der Waals surface area contributed by atoms with Crippen molar-refractivity contribution in [2.45, 2.75) is 32.3 Å². The summed E-state index contributed by atoms with van der Waals surface area (Å²) < 4.78 is 6.72. The molecule has 1 aromatic rings. The standard InChI is InChI=1S/C12H18BrN3O/c1-2-6-17-11-4-3-5-16(9-11)12-14-7-10(13)8-15-12/h7-8,11H,2-6,9H2,1H3. The molecule has 0 bridgehead atoms. The van der Waals surface area contributed by atoms with Crippen LogP contribution in [0, 0.1) is 0 Å². The number of nitrogens with zero attached hydrogens (tertiary/aromatic N) is 3. The second-order valence-electron chi connectivity index (χ2n) is 4.28. The minimum Gasteiger partial charge on any atom is -0.376 e. The SMILES string of the molecule is CCCOC1CCCN(c2ncc(Br)cn2)C1. The molecule has 0 aliphatic carbocycles. The molecule has 0 spiro atoms. The Hall–Kier alpha value is -0.680. The number of ether oxygens (including phenoxy) is 1. The third-order valence-corrected chi connectivity index (χ3v) is 3.23. The summed E-state index contributed by atoms with van der Waals surface area (Å²) in [7, 11) is 0. The van der Waals surface area contributed by atoms with Crippen LogP contribution in [0.25, 0.3) is 0 Å². The molecule has 1 atom stereocenters. The van der Waals surface area contributed by atoms with Crippen LogP contribution in [0.4, 0.5) is 5.95 Å². The van der Waals surface area contributed by atoms with Gasteiger partial charge in [0.2, 0.25) is 5.95 Å². The number of hydrogen-bond donors (Lipinski definition) is 0. The molecular weight excluding hydrogens is 282 g/mol. The van der Waals surface area contributed by atoms with Crippen molar-refractivity contribution in [1.82, 2.24) is 9.97 Å². The van der Waals surface area contributed by atoms with Gasteiger partial charge in [-0.3, -0.25) is 0 Å². The smallest absolute Gasteiger partial charge is 0.225 e. The number of piperidine rings is 1. The summed E-state index contributed by atoms with van der Waals surface area (Å²) in [6.07, 6.45) is 7.28. The van der Waals surface area contributed by atoms with Crippen molar-refractivity contribution in [1.29, 1.82) is 0 Å². The lowest BCUT2D eigenvalue weighted by Gasteiger charge is -2.32. The van der Waals surface area contributed by atoms with Gasteiger partial charge in [0.1, 0.15) is 0 Å². The molecule has 1 aliphatic heterocycles. The Morgan fingerprint density at radius 2 is 2.24 bits per heavy atom. The maximum absolute atomic E-state index is 5.80. The molecule has 0 amide bonds. The van der Waals surface area contributed by atoms with Gasteiger partial charge in [-0.2, -0.15) is 0 Å². The normalized spacial score (nSPS) is 20.6. The second-order valence-corrected chi connectivity index (χ2v) is 5.20. The largest absolute Gasteiger partial charge is 0.376 e. The predicted octanol–water partition coefficient (Wildman–Crippen LogP) is 2.63. The molecule has 1 saturated heterocycles. The first kappa shape index (κ1) is 12.8. The summed E-state index contributed by atoms with van der Waals surface area (Å²) >= 11 is 3.35. The highest BCUT2D eigenvalue weighted by Gasteiger charge is 2.21. The average molecular weight is 300 g/mol. The van der Waals surface area contributed by atoms with Crippen LogP contribution in [-0.2, 0) is 4.74 Å². The fourth-order valence-corrected chi connectivity index (χ4v) is 2.21. The van der Waals surface area contributed by atoms with Crippen LogP contribution in [-0.4, -0.2) is 35.8 Å². The number of anilines is 1. The first-order valence-electron chi connectivity index (χ1n) is 6.13. The van der Waals surface area contributed by atoms with Gasteiger partial charge >= 0.3 is 0 Å². The van der Waals surface area contributed by atoms with Crippen molar-refractivity contribution in [3.8, 4) is 0 Å². The number of aromatic nitrogens is 2. The highest BCUT2D eigenvalue weighted by atomic mass is 79.9. The van der Waals surface area contributed by atoms with E-state index in [0.717, 1.165) is 49.4 Å². The Labute approximate surface area is 111 Å². The highest BCUT2D eigenvalue weighted by molar-refractivity contribution is 9.10. The van der Waals surface area contributed by atoms with E-state index in [1.54, 1.807) is 12.4 Å². The van der Waals surface area contributed by atoms with Crippen molar-refractivity contribution in [3.05, 3.63) is 16.9 Å². The van der Waals surface area contributed by atoms with E-state index in [9.17, 15) is 0 Å². The minimum absolute atomic E-state index is 0.330. The predicted molar refractivity (Wildman–Crippen MR) is 71.2 cm³/mol. The summed E-state index contributed by atoms with van der Waals surface area (Å²) in [5, 5.41) is 0. The van der Waals surface area contributed by atoms with E-state index >= 15 is 0 Å². The first-order valence-corrected chi connectivity index (χ1v) is 6.93. The van der Waals surface area contributed by atoms with Gasteiger partial charge in [0.15, 0.2) is 0 Å². The van der Waals surface area contributed by atoms with E-state index in [2.05, 4.69) is 37.7 Å². The lowest BCUT2D eigenvalue weighted by molar-refractivity contribution is 0.0437. The molecule has 1 fully saturated rings. The highest BCUT2D eigenvalue weighted by Crippen LogP contribution is 2.18. The number of hydrogen-bond acceptors (Lipinski definition) is 4. The molecule has 0 N–H and O–H groups in total. The van der Waals surface area contributed by atoms with Crippen molar-refractivity contribution < 1.29 is 4.74 Å². The Morgan fingerprint density at radius 3 is 2.94 bits per heavy atom. The maximum atomic E-state index is 5.80. The molecule has 1 unspecified atom stereocenters. The zero-order valence-corrected chi connectivity index (χ0v) is 11.7. The number of rotatable bonds is 4. The van der Waals surface area contributed by atoms with Gasteiger partial charge in [-0.05, 0) is 35.2 Å². The van der Waals surface area contributed by atoms with Gasteiger partial charge in [-0.1, -0.05) is 6.92 Å². The fourth-order valence-electron chi connectivity index (χ4n) is 2.01. The van der Waals surface area contributed by atoms with Crippen molar-refractivity contribution in [2.24, 2.45) is 0 Å². The van der Waals surface area contributed by atoms with E-state index < -0.39 is 0 Å². The Balaban J connectivity index is 1.94. The Kier molecular flexibility index (Phi) is 4.74. The van der Waals surface area contributed by atoms with Gasteiger partial charge in [0.05, 0.1) is 10.6 Å². The van der Waals surface area contributed by atoms with Crippen LogP contribution >= 0.6 is 15.9 Å². The summed E-state index contributed by atoms with van der Waals surface area (Å²) in [4.78, 5) is 10.9. The number of halogens is 1. The van der Waals surface area contributed by atoms with E-state index in [-0.39, 0.29) is 0 Å². The minimum atomic E-state index is 0.330. The van der Waals surface area contributed by atoms with Gasteiger partial charge in [0, 0.05) is 32.1 Å².